The molecule has 0 radical (unpaired) electrons. The predicted octanol–water partition coefficient (Wildman–Crippen LogP) is 4.47. The lowest BCUT2D eigenvalue weighted by Crippen LogP contribution is -2.44. The number of nitrogens with zero attached hydrogens (tertiary/aromatic N) is 5. The molecule has 2 heterocycles. The minimum Gasteiger partial charge on any atom is -0.495 e. The first-order valence-corrected chi connectivity index (χ1v) is 14.1. The van der Waals surface area contributed by atoms with Crippen LogP contribution in [0.1, 0.15) is 16.8 Å². The molecule has 2 aromatic carbocycles. The number of aromatic nitrogens is 2. The summed E-state index contributed by atoms with van der Waals surface area (Å²) in [7, 11) is 6.68. The van der Waals surface area contributed by atoms with Crippen LogP contribution in [0.15, 0.2) is 49.3 Å². The third-order valence-corrected chi connectivity index (χ3v) is 8.03. The first kappa shape index (κ1) is 31.1. The maximum Gasteiger partial charge on any atom is 0.247 e. The van der Waals surface area contributed by atoms with Crippen LogP contribution in [0.2, 0.25) is 10.0 Å². The molecule has 0 aliphatic carbocycles. The standard InChI is InChI=1S/C30H34Cl2N6O4/c1-6-27(39)35-23-15-21(38-11-9-36(2)10-12-38)8-7-19(23)13-20-14-26(34-18-33-20)37(3)28(40)16-22-29(31)24(41-4)17-25(42-5)30(22)32/h6-8,14-15,17-18H,1,9-13,16H2,2-5H3,(H,35,39). The quantitative estimate of drug-likeness (QED) is 0.335. The van der Waals surface area contributed by atoms with Crippen LogP contribution in [-0.4, -0.2) is 81.2 Å². The van der Waals surface area contributed by atoms with E-state index in [1.54, 1.807) is 19.2 Å². The Bertz CT molecular complexity index is 1450. The maximum atomic E-state index is 13.3. The zero-order chi connectivity index (χ0) is 30.4. The maximum absolute atomic E-state index is 13.3. The number of nitrogens with one attached hydrogen (secondary N) is 1. The van der Waals surface area contributed by atoms with E-state index in [9.17, 15) is 9.59 Å². The molecular formula is C30H34Cl2N6O4. The summed E-state index contributed by atoms with van der Waals surface area (Å²) in [4.78, 5) is 40.3. The molecule has 2 amide bonds. The molecule has 42 heavy (non-hydrogen) atoms. The number of piperazine rings is 1. The van der Waals surface area contributed by atoms with Gasteiger partial charge in [-0.3, -0.25) is 14.5 Å². The molecule has 0 spiro atoms. The van der Waals surface area contributed by atoms with Crippen LogP contribution in [0.3, 0.4) is 0 Å². The summed E-state index contributed by atoms with van der Waals surface area (Å²) in [6, 6.07) is 9.33. The fraction of sp³-hybridized carbons (Fsp3) is 0.333. The van der Waals surface area contributed by atoms with Gasteiger partial charge in [-0.1, -0.05) is 35.8 Å². The summed E-state index contributed by atoms with van der Waals surface area (Å²) < 4.78 is 10.6. The number of hydrogen-bond donors (Lipinski definition) is 1. The van der Waals surface area contributed by atoms with E-state index in [2.05, 4.69) is 44.8 Å². The van der Waals surface area contributed by atoms with Gasteiger partial charge in [0.25, 0.3) is 0 Å². The summed E-state index contributed by atoms with van der Waals surface area (Å²) in [5.74, 6) is 0.510. The van der Waals surface area contributed by atoms with Gasteiger partial charge in [0.2, 0.25) is 11.8 Å². The molecule has 1 aliphatic heterocycles. The van der Waals surface area contributed by atoms with Crippen LogP contribution >= 0.6 is 23.2 Å². The molecule has 0 bridgehead atoms. The highest BCUT2D eigenvalue weighted by Gasteiger charge is 2.23. The third-order valence-electron chi connectivity index (χ3n) is 7.20. The molecule has 1 aromatic heterocycles. The topological polar surface area (TPSA) is 100 Å². The van der Waals surface area contributed by atoms with Crippen LogP contribution in [0.4, 0.5) is 17.2 Å². The molecule has 222 valence electrons. The van der Waals surface area contributed by atoms with Crippen LogP contribution in [0.25, 0.3) is 0 Å². The van der Waals surface area contributed by atoms with Crippen LogP contribution in [0.5, 0.6) is 11.5 Å². The Hall–Kier alpha value is -3.86. The summed E-state index contributed by atoms with van der Waals surface area (Å²) in [5.41, 5.74) is 3.64. The Labute approximate surface area is 255 Å². The zero-order valence-electron chi connectivity index (χ0n) is 24.1. The first-order chi connectivity index (χ1) is 20.1. The molecule has 0 unspecified atom stereocenters. The number of carbonyl (C=O) groups excluding carboxylic acids is 2. The summed E-state index contributed by atoms with van der Waals surface area (Å²) in [5, 5.41) is 3.41. The Balaban J connectivity index is 1.56. The Morgan fingerprint density at radius 3 is 2.33 bits per heavy atom. The van der Waals surface area contributed by atoms with Crippen LogP contribution in [-0.2, 0) is 22.4 Å². The Morgan fingerprint density at radius 1 is 1.05 bits per heavy atom. The Morgan fingerprint density at radius 2 is 1.71 bits per heavy atom. The lowest BCUT2D eigenvalue weighted by molar-refractivity contribution is -0.117. The van der Waals surface area contributed by atoms with Gasteiger partial charge in [-0.25, -0.2) is 9.97 Å². The van der Waals surface area contributed by atoms with E-state index in [4.69, 9.17) is 32.7 Å². The number of methoxy groups -OCH3 is 2. The lowest BCUT2D eigenvalue weighted by atomic mass is 10.0. The molecule has 12 heteroatoms. The number of halogens is 2. The smallest absolute Gasteiger partial charge is 0.247 e. The van der Waals surface area contributed by atoms with E-state index in [0.29, 0.717) is 40.7 Å². The molecule has 4 rings (SSSR count). The number of rotatable bonds is 10. The first-order valence-electron chi connectivity index (χ1n) is 13.3. The lowest BCUT2D eigenvalue weighted by Gasteiger charge is -2.34. The van der Waals surface area contributed by atoms with Gasteiger partial charge in [-0.2, -0.15) is 0 Å². The number of likely N-dealkylation sites (N-methyl/N-ethyl adjacent to an activating group) is 2. The van der Waals surface area contributed by atoms with Crippen molar-refractivity contribution in [2.45, 2.75) is 12.8 Å². The largest absolute Gasteiger partial charge is 0.495 e. The van der Waals surface area contributed by atoms with Gasteiger partial charge < -0.3 is 24.6 Å². The van der Waals surface area contributed by atoms with Gasteiger partial charge in [0.1, 0.15) is 23.6 Å². The van der Waals surface area contributed by atoms with E-state index in [-0.39, 0.29) is 28.3 Å². The number of ether oxygens (including phenoxy) is 2. The van der Waals surface area contributed by atoms with E-state index in [1.807, 2.05) is 12.1 Å². The molecular weight excluding hydrogens is 579 g/mol. The summed E-state index contributed by atoms with van der Waals surface area (Å²) in [6.45, 7) is 7.32. The van der Waals surface area contributed by atoms with E-state index in [0.717, 1.165) is 37.4 Å². The zero-order valence-corrected chi connectivity index (χ0v) is 25.6. The minimum absolute atomic E-state index is 0.105. The number of anilines is 3. The molecule has 1 aliphatic rings. The second-order valence-electron chi connectivity index (χ2n) is 9.89. The van der Waals surface area contributed by atoms with Gasteiger partial charge in [0.15, 0.2) is 0 Å². The second kappa shape index (κ2) is 13.9. The second-order valence-corrected chi connectivity index (χ2v) is 10.6. The van der Waals surface area contributed by atoms with Crippen molar-refractivity contribution in [2.24, 2.45) is 0 Å². The van der Waals surface area contributed by atoms with Gasteiger partial charge >= 0.3 is 0 Å². The summed E-state index contributed by atoms with van der Waals surface area (Å²) >= 11 is 13.0. The summed E-state index contributed by atoms with van der Waals surface area (Å²) in [6.07, 6.45) is 2.94. The van der Waals surface area contributed by atoms with E-state index < -0.39 is 0 Å². The van der Waals surface area contributed by atoms with Crippen molar-refractivity contribution < 1.29 is 19.1 Å². The van der Waals surface area contributed by atoms with Crippen molar-refractivity contribution in [3.8, 4) is 11.5 Å². The highest BCUT2D eigenvalue weighted by atomic mass is 35.5. The SMILES string of the molecule is C=CC(=O)Nc1cc(N2CCN(C)CC2)ccc1Cc1cc(N(C)C(=O)Cc2c(Cl)c(OC)cc(OC)c2Cl)ncn1. The van der Waals surface area contributed by atoms with Crippen LogP contribution in [0, 0.1) is 0 Å². The highest BCUT2D eigenvalue weighted by Crippen LogP contribution is 2.40. The third kappa shape index (κ3) is 7.13. The fourth-order valence-electron chi connectivity index (χ4n) is 4.63. The number of carbonyl (C=O) groups is 2. The molecule has 0 saturated carbocycles. The number of benzene rings is 2. The van der Waals surface area contributed by atoms with Crippen molar-refractivity contribution in [1.29, 1.82) is 0 Å². The minimum atomic E-state index is -0.299. The number of hydrogen-bond acceptors (Lipinski definition) is 8. The predicted molar refractivity (Wildman–Crippen MR) is 166 cm³/mol. The molecule has 3 aromatic rings. The number of amides is 2. The van der Waals surface area contributed by atoms with Crippen molar-refractivity contribution in [1.82, 2.24) is 14.9 Å². The average Bonchev–Trinajstić information content (AvgIpc) is 3.00. The van der Waals surface area contributed by atoms with Crippen molar-refractivity contribution in [2.75, 3.05) is 69.6 Å². The molecule has 1 fully saturated rings. The van der Waals surface area contributed by atoms with Gasteiger partial charge in [0.05, 0.1) is 36.4 Å². The molecule has 0 atom stereocenters. The van der Waals surface area contributed by atoms with Crippen molar-refractivity contribution >= 4 is 52.2 Å². The van der Waals surface area contributed by atoms with Gasteiger partial charge in [0, 0.05) is 68.7 Å². The fourth-order valence-corrected chi connectivity index (χ4v) is 5.26. The highest BCUT2D eigenvalue weighted by molar-refractivity contribution is 6.38. The molecule has 1 saturated heterocycles. The Kier molecular flexibility index (Phi) is 10.3. The molecule has 1 N–H and O–H groups in total. The normalized spacial score (nSPS) is 13.4. The van der Waals surface area contributed by atoms with Gasteiger partial charge in [-0.05, 0) is 30.8 Å². The average molecular weight is 614 g/mol. The van der Waals surface area contributed by atoms with Crippen molar-refractivity contribution in [3.63, 3.8) is 0 Å². The van der Waals surface area contributed by atoms with E-state index >= 15 is 0 Å². The van der Waals surface area contributed by atoms with E-state index in [1.165, 1.54) is 31.5 Å². The monoisotopic (exact) mass is 612 g/mol. The van der Waals surface area contributed by atoms with Crippen LogP contribution < -0.4 is 24.6 Å². The molecule has 10 nitrogen and oxygen atoms in total. The van der Waals surface area contributed by atoms with Gasteiger partial charge in [-0.15, -0.1) is 0 Å². The van der Waals surface area contributed by atoms with Crippen molar-refractivity contribution in [3.05, 3.63) is 76.2 Å².